The third-order valence-electron chi connectivity index (χ3n) is 4.28. The molecule has 3 heteroatoms. The van der Waals surface area contributed by atoms with Gasteiger partial charge < -0.3 is 4.90 Å². The SMILES string of the molecule is CCC(CC)N1CCN(c2ccc(F)cc2)[C@H](C)C1. The topological polar surface area (TPSA) is 6.48 Å². The summed E-state index contributed by atoms with van der Waals surface area (Å²) in [6.45, 7) is 10.0. The molecule has 2 nitrogen and oxygen atoms in total. The van der Waals surface area contributed by atoms with Crippen LogP contribution in [0.2, 0.25) is 0 Å². The van der Waals surface area contributed by atoms with Crippen molar-refractivity contribution in [3.63, 3.8) is 0 Å². The van der Waals surface area contributed by atoms with Gasteiger partial charge in [0.15, 0.2) is 0 Å². The molecule has 0 bridgehead atoms. The highest BCUT2D eigenvalue weighted by atomic mass is 19.1. The molecule has 0 saturated carbocycles. The molecule has 0 amide bonds. The molecule has 1 aromatic carbocycles. The zero-order valence-corrected chi connectivity index (χ0v) is 12.3. The van der Waals surface area contributed by atoms with Gasteiger partial charge in [0.05, 0.1) is 0 Å². The Labute approximate surface area is 116 Å². The van der Waals surface area contributed by atoms with Crippen LogP contribution < -0.4 is 4.90 Å². The Bertz CT molecular complexity index is 386. The molecular weight excluding hydrogens is 239 g/mol. The average Bonchev–Trinajstić information content (AvgIpc) is 2.42. The molecule has 0 radical (unpaired) electrons. The molecule has 1 fully saturated rings. The second-order valence-electron chi connectivity index (χ2n) is 5.48. The van der Waals surface area contributed by atoms with Crippen LogP contribution in [0.5, 0.6) is 0 Å². The fraction of sp³-hybridized carbons (Fsp3) is 0.625. The summed E-state index contributed by atoms with van der Waals surface area (Å²) >= 11 is 0. The smallest absolute Gasteiger partial charge is 0.123 e. The van der Waals surface area contributed by atoms with Gasteiger partial charge in [-0.1, -0.05) is 13.8 Å². The summed E-state index contributed by atoms with van der Waals surface area (Å²) in [6, 6.07) is 8.07. The summed E-state index contributed by atoms with van der Waals surface area (Å²) in [5.41, 5.74) is 1.14. The number of hydrogen-bond donors (Lipinski definition) is 0. The lowest BCUT2D eigenvalue weighted by molar-refractivity contribution is 0.156. The van der Waals surface area contributed by atoms with Crippen molar-refractivity contribution in [2.24, 2.45) is 0 Å². The van der Waals surface area contributed by atoms with Crippen LogP contribution in [0.1, 0.15) is 33.6 Å². The van der Waals surface area contributed by atoms with Gasteiger partial charge in [0.1, 0.15) is 5.82 Å². The van der Waals surface area contributed by atoms with Crippen molar-refractivity contribution in [3.8, 4) is 0 Å². The first-order valence-corrected chi connectivity index (χ1v) is 7.42. The van der Waals surface area contributed by atoms with E-state index in [2.05, 4.69) is 30.6 Å². The summed E-state index contributed by atoms with van der Waals surface area (Å²) < 4.78 is 13.0. The highest BCUT2D eigenvalue weighted by Gasteiger charge is 2.26. The molecular formula is C16H25FN2. The predicted molar refractivity (Wildman–Crippen MR) is 79.2 cm³/mol. The van der Waals surface area contributed by atoms with E-state index in [1.54, 1.807) is 12.1 Å². The maximum atomic E-state index is 13.0. The Morgan fingerprint density at radius 1 is 1.16 bits per heavy atom. The normalized spacial score (nSPS) is 21.1. The number of rotatable bonds is 4. The van der Waals surface area contributed by atoms with Gasteiger partial charge in [0.25, 0.3) is 0 Å². The van der Waals surface area contributed by atoms with Gasteiger partial charge in [0.2, 0.25) is 0 Å². The maximum absolute atomic E-state index is 13.0. The van der Waals surface area contributed by atoms with E-state index in [1.165, 1.54) is 12.8 Å². The Morgan fingerprint density at radius 2 is 1.79 bits per heavy atom. The highest BCUT2D eigenvalue weighted by Crippen LogP contribution is 2.23. The van der Waals surface area contributed by atoms with E-state index in [1.807, 2.05) is 12.1 Å². The van der Waals surface area contributed by atoms with E-state index in [0.717, 1.165) is 25.3 Å². The summed E-state index contributed by atoms with van der Waals surface area (Å²) in [6.07, 6.45) is 2.44. The second-order valence-corrected chi connectivity index (χ2v) is 5.48. The molecule has 0 unspecified atom stereocenters. The van der Waals surface area contributed by atoms with E-state index in [-0.39, 0.29) is 5.82 Å². The van der Waals surface area contributed by atoms with Crippen LogP contribution in [0.15, 0.2) is 24.3 Å². The van der Waals surface area contributed by atoms with Crippen LogP contribution in [0, 0.1) is 5.82 Å². The zero-order chi connectivity index (χ0) is 13.8. The number of anilines is 1. The van der Waals surface area contributed by atoms with Crippen LogP contribution in [0.25, 0.3) is 0 Å². The van der Waals surface area contributed by atoms with Crippen molar-refractivity contribution in [1.82, 2.24) is 4.90 Å². The van der Waals surface area contributed by atoms with Crippen molar-refractivity contribution in [2.45, 2.75) is 45.7 Å². The van der Waals surface area contributed by atoms with Crippen LogP contribution in [0.4, 0.5) is 10.1 Å². The molecule has 1 heterocycles. The van der Waals surface area contributed by atoms with Crippen molar-refractivity contribution < 1.29 is 4.39 Å². The number of nitrogens with zero attached hydrogens (tertiary/aromatic N) is 2. The monoisotopic (exact) mass is 264 g/mol. The van der Waals surface area contributed by atoms with Gasteiger partial charge in [0, 0.05) is 37.4 Å². The lowest BCUT2D eigenvalue weighted by Crippen LogP contribution is -2.54. The standard InChI is InChI=1S/C16H25FN2/c1-4-15(5-2)18-10-11-19(13(3)12-18)16-8-6-14(17)7-9-16/h6-9,13,15H,4-5,10-12H2,1-3H3/t13-/m1/s1. The van der Waals surface area contributed by atoms with Crippen LogP contribution in [-0.2, 0) is 0 Å². The zero-order valence-electron chi connectivity index (χ0n) is 12.3. The Balaban J connectivity index is 2.02. The number of halogens is 1. The summed E-state index contributed by atoms with van der Waals surface area (Å²) in [4.78, 5) is 4.99. The fourth-order valence-corrected chi connectivity index (χ4v) is 3.14. The van der Waals surface area contributed by atoms with Gasteiger partial charge in [-0.25, -0.2) is 4.39 Å². The summed E-state index contributed by atoms with van der Waals surface area (Å²) in [5, 5.41) is 0. The first kappa shape index (κ1) is 14.3. The molecule has 0 spiro atoms. The average molecular weight is 264 g/mol. The van der Waals surface area contributed by atoms with Gasteiger partial charge in [-0.15, -0.1) is 0 Å². The van der Waals surface area contributed by atoms with Crippen molar-refractivity contribution in [3.05, 3.63) is 30.1 Å². The molecule has 19 heavy (non-hydrogen) atoms. The minimum atomic E-state index is -0.160. The van der Waals surface area contributed by atoms with E-state index < -0.39 is 0 Å². The highest BCUT2D eigenvalue weighted by molar-refractivity contribution is 5.47. The van der Waals surface area contributed by atoms with Crippen molar-refractivity contribution in [2.75, 3.05) is 24.5 Å². The third-order valence-corrected chi connectivity index (χ3v) is 4.28. The third kappa shape index (κ3) is 3.27. The lowest BCUT2D eigenvalue weighted by atomic mass is 10.1. The first-order chi connectivity index (χ1) is 9.15. The molecule has 1 saturated heterocycles. The van der Waals surface area contributed by atoms with E-state index >= 15 is 0 Å². The molecule has 106 valence electrons. The van der Waals surface area contributed by atoms with Gasteiger partial charge in [-0.05, 0) is 44.0 Å². The van der Waals surface area contributed by atoms with Gasteiger partial charge in [-0.2, -0.15) is 0 Å². The molecule has 2 rings (SSSR count). The second kappa shape index (κ2) is 6.38. The quantitative estimate of drug-likeness (QED) is 0.821. The molecule has 1 aliphatic heterocycles. The minimum Gasteiger partial charge on any atom is -0.366 e. The predicted octanol–water partition coefficient (Wildman–Crippen LogP) is 3.52. The molecule has 0 N–H and O–H groups in total. The Hall–Kier alpha value is -1.09. The maximum Gasteiger partial charge on any atom is 0.123 e. The van der Waals surface area contributed by atoms with Crippen LogP contribution in [-0.4, -0.2) is 36.6 Å². The molecule has 0 aliphatic carbocycles. The lowest BCUT2D eigenvalue weighted by Gasteiger charge is -2.44. The van der Waals surface area contributed by atoms with E-state index in [0.29, 0.717) is 12.1 Å². The van der Waals surface area contributed by atoms with Gasteiger partial charge >= 0.3 is 0 Å². The number of benzene rings is 1. The molecule has 1 aromatic rings. The van der Waals surface area contributed by atoms with Gasteiger partial charge in [-0.3, -0.25) is 4.90 Å². The van der Waals surface area contributed by atoms with Crippen molar-refractivity contribution >= 4 is 5.69 Å². The Kier molecular flexibility index (Phi) is 4.81. The molecule has 1 atom stereocenters. The number of piperazine rings is 1. The first-order valence-electron chi connectivity index (χ1n) is 7.42. The molecule has 0 aromatic heterocycles. The Morgan fingerprint density at radius 3 is 2.32 bits per heavy atom. The van der Waals surface area contributed by atoms with Crippen molar-refractivity contribution in [1.29, 1.82) is 0 Å². The summed E-state index contributed by atoms with van der Waals surface area (Å²) in [7, 11) is 0. The largest absolute Gasteiger partial charge is 0.366 e. The molecule has 1 aliphatic rings. The van der Waals surface area contributed by atoms with E-state index in [9.17, 15) is 4.39 Å². The van der Waals surface area contributed by atoms with Crippen LogP contribution >= 0.6 is 0 Å². The summed E-state index contributed by atoms with van der Waals surface area (Å²) in [5.74, 6) is -0.160. The fourth-order valence-electron chi connectivity index (χ4n) is 3.14. The number of hydrogen-bond acceptors (Lipinski definition) is 2. The van der Waals surface area contributed by atoms with E-state index in [4.69, 9.17) is 0 Å². The minimum absolute atomic E-state index is 0.160. The van der Waals surface area contributed by atoms with Crippen LogP contribution in [0.3, 0.4) is 0 Å².